The summed E-state index contributed by atoms with van der Waals surface area (Å²) < 4.78 is 3.69. The van der Waals surface area contributed by atoms with E-state index < -0.39 is 18.4 Å². The third-order valence-corrected chi connectivity index (χ3v) is 3.59. The molecule has 0 radical (unpaired) electrons. The van der Waals surface area contributed by atoms with Crippen LogP contribution in [0.5, 0.6) is 0 Å². The van der Waals surface area contributed by atoms with Gasteiger partial charge in [-0.15, -0.1) is 5.10 Å². The zero-order valence-corrected chi connectivity index (χ0v) is 12.0. The Labute approximate surface area is 123 Å². The van der Waals surface area contributed by atoms with E-state index in [0.717, 1.165) is 16.4 Å². The van der Waals surface area contributed by atoms with Gasteiger partial charge in [-0.2, -0.15) is 0 Å². The maximum Gasteiger partial charge on any atom is 0.323 e. The second kappa shape index (κ2) is 5.98. The first kappa shape index (κ1) is 14.4. The van der Waals surface area contributed by atoms with Crippen molar-refractivity contribution in [1.82, 2.24) is 9.59 Å². The third kappa shape index (κ3) is 3.12. The summed E-state index contributed by atoms with van der Waals surface area (Å²) in [7, 11) is 0. The van der Waals surface area contributed by atoms with Crippen LogP contribution >= 0.6 is 23.1 Å². The van der Waals surface area contributed by atoms with E-state index in [1.165, 1.54) is 0 Å². The summed E-state index contributed by atoms with van der Waals surface area (Å²) in [5.74, 6) is -1.55. The third-order valence-electron chi connectivity index (χ3n) is 2.52. The van der Waals surface area contributed by atoms with E-state index in [2.05, 4.69) is 9.59 Å². The van der Waals surface area contributed by atoms with Gasteiger partial charge in [-0.3, -0.25) is 14.5 Å². The average molecular weight is 312 g/mol. The molecule has 1 aromatic carbocycles. The number of rotatable bonds is 4. The Kier molecular flexibility index (Phi) is 4.31. The number of amides is 1. The smallest absolute Gasteiger partial charge is 0.323 e. The number of nitrogens with zero attached hydrogens (tertiary/aromatic N) is 3. The number of halogens is 1. The Morgan fingerprint density at radius 1 is 1.35 bits per heavy atom. The van der Waals surface area contributed by atoms with Crippen molar-refractivity contribution in [2.45, 2.75) is 6.92 Å². The van der Waals surface area contributed by atoms with Crippen molar-refractivity contribution in [1.29, 1.82) is 0 Å². The van der Waals surface area contributed by atoms with Crippen molar-refractivity contribution in [3.05, 3.63) is 39.9 Å². The topological polar surface area (TPSA) is 83.4 Å². The summed E-state index contributed by atoms with van der Waals surface area (Å²) in [6.45, 7) is 1.20. The molecule has 0 atom stereocenters. The summed E-state index contributed by atoms with van der Waals surface area (Å²) in [4.78, 5) is 24.8. The van der Waals surface area contributed by atoms with Gasteiger partial charge in [-0.25, -0.2) is 0 Å². The van der Waals surface area contributed by atoms with Gasteiger partial charge < -0.3 is 5.11 Å². The molecule has 2 rings (SSSR count). The van der Waals surface area contributed by atoms with Gasteiger partial charge in [0, 0.05) is 10.7 Å². The predicted octanol–water partition coefficient (Wildman–Crippen LogP) is 2.23. The van der Waals surface area contributed by atoms with E-state index in [1.807, 2.05) is 0 Å². The number of carboxylic acids is 1. The van der Waals surface area contributed by atoms with E-state index in [9.17, 15) is 9.59 Å². The lowest BCUT2D eigenvalue weighted by atomic mass is 10.2. The number of benzene rings is 1. The van der Waals surface area contributed by atoms with Crippen LogP contribution in [0.15, 0.2) is 24.3 Å². The molecule has 0 spiro atoms. The van der Waals surface area contributed by atoms with Crippen LogP contribution in [0.25, 0.3) is 0 Å². The minimum absolute atomic E-state index is 0.321. The zero-order valence-electron chi connectivity index (χ0n) is 10.4. The number of aliphatic carboxylic acids is 1. The molecule has 0 saturated heterocycles. The monoisotopic (exact) mass is 311 g/mol. The van der Waals surface area contributed by atoms with E-state index in [4.69, 9.17) is 16.7 Å². The maximum absolute atomic E-state index is 12.4. The fraction of sp³-hybridized carbons (Fsp3) is 0.167. The Hall–Kier alpha value is -1.99. The van der Waals surface area contributed by atoms with Gasteiger partial charge in [-0.05, 0) is 42.7 Å². The summed E-state index contributed by atoms with van der Waals surface area (Å²) in [6, 6.07) is 6.37. The molecule has 1 aromatic heterocycles. The van der Waals surface area contributed by atoms with Gasteiger partial charge in [0.15, 0.2) is 0 Å². The van der Waals surface area contributed by atoms with Gasteiger partial charge in [-0.1, -0.05) is 16.1 Å². The molecular weight excluding hydrogens is 302 g/mol. The summed E-state index contributed by atoms with van der Waals surface area (Å²) in [5, 5.41) is 13.2. The number of aryl methyl sites for hydroxylation is 1. The van der Waals surface area contributed by atoms with E-state index >= 15 is 0 Å². The molecule has 0 bridgehead atoms. The molecule has 20 heavy (non-hydrogen) atoms. The van der Waals surface area contributed by atoms with Crippen LogP contribution < -0.4 is 4.90 Å². The minimum Gasteiger partial charge on any atom is -0.480 e. The molecule has 0 saturated carbocycles. The summed E-state index contributed by atoms with van der Waals surface area (Å²) >= 11 is 6.73. The number of hydrogen-bond acceptors (Lipinski definition) is 5. The number of carboxylic acid groups (broad SMARTS) is 1. The zero-order chi connectivity index (χ0) is 14.7. The van der Waals surface area contributed by atoms with Crippen LogP contribution in [-0.2, 0) is 4.79 Å². The van der Waals surface area contributed by atoms with Gasteiger partial charge in [0.1, 0.15) is 11.4 Å². The van der Waals surface area contributed by atoms with Crippen LogP contribution in [-0.4, -0.2) is 33.1 Å². The SMILES string of the molecule is Cc1nnsc1C(=O)N(CC(=O)O)c1ccc(Cl)cc1. The van der Waals surface area contributed by atoms with Crippen molar-refractivity contribution in [3.8, 4) is 0 Å². The first-order valence-electron chi connectivity index (χ1n) is 5.57. The number of aromatic nitrogens is 2. The van der Waals surface area contributed by atoms with Crippen LogP contribution in [0.2, 0.25) is 5.02 Å². The largest absolute Gasteiger partial charge is 0.480 e. The van der Waals surface area contributed by atoms with Crippen molar-refractivity contribution >= 4 is 40.7 Å². The van der Waals surface area contributed by atoms with Gasteiger partial charge in [0.2, 0.25) is 0 Å². The first-order valence-corrected chi connectivity index (χ1v) is 6.72. The lowest BCUT2D eigenvalue weighted by Crippen LogP contribution is -2.35. The normalized spacial score (nSPS) is 10.3. The average Bonchev–Trinajstić information content (AvgIpc) is 2.82. The second-order valence-corrected chi connectivity index (χ2v) is 5.14. The van der Waals surface area contributed by atoms with Crippen molar-refractivity contribution in [3.63, 3.8) is 0 Å². The van der Waals surface area contributed by atoms with Crippen LogP contribution in [0, 0.1) is 6.92 Å². The highest BCUT2D eigenvalue weighted by Gasteiger charge is 2.24. The molecule has 104 valence electrons. The number of carbonyl (C=O) groups excluding carboxylic acids is 1. The maximum atomic E-state index is 12.4. The molecule has 8 heteroatoms. The van der Waals surface area contributed by atoms with Gasteiger partial charge in [0.05, 0.1) is 5.69 Å². The standard InChI is InChI=1S/C12H10ClN3O3S/c1-7-11(20-15-14-7)12(19)16(6-10(17)18)9-4-2-8(13)3-5-9/h2-5H,6H2,1H3,(H,17,18). The number of hydrogen-bond donors (Lipinski definition) is 1. The predicted molar refractivity (Wildman–Crippen MR) is 75.4 cm³/mol. The van der Waals surface area contributed by atoms with Crippen LogP contribution in [0.4, 0.5) is 5.69 Å². The Morgan fingerprint density at radius 2 is 2.00 bits per heavy atom. The van der Waals surface area contributed by atoms with Crippen LogP contribution in [0.3, 0.4) is 0 Å². The Morgan fingerprint density at radius 3 is 2.50 bits per heavy atom. The minimum atomic E-state index is -1.11. The number of carbonyl (C=O) groups is 2. The fourth-order valence-corrected chi connectivity index (χ4v) is 2.32. The molecule has 1 heterocycles. The summed E-state index contributed by atoms with van der Waals surface area (Å²) in [5.41, 5.74) is 0.930. The van der Waals surface area contributed by atoms with Crippen LogP contribution in [0.1, 0.15) is 15.4 Å². The lowest BCUT2D eigenvalue weighted by molar-refractivity contribution is -0.135. The van der Waals surface area contributed by atoms with Crippen molar-refractivity contribution in [2.75, 3.05) is 11.4 Å². The molecule has 0 aliphatic rings. The van der Waals surface area contributed by atoms with Gasteiger partial charge in [0.25, 0.3) is 5.91 Å². The van der Waals surface area contributed by atoms with E-state index in [0.29, 0.717) is 21.3 Å². The number of anilines is 1. The molecule has 0 aliphatic carbocycles. The molecule has 0 aliphatic heterocycles. The fourth-order valence-electron chi connectivity index (χ4n) is 1.59. The molecular formula is C12H10ClN3O3S. The molecule has 6 nitrogen and oxygen atoms in total. The highest BCUT2D eigenvalue weighted by molar-refractivity contribution is 7.08. The summed E-state index contributed by atoms with van der Waals surface area (Å²) in [6.07, 6.45) is 0. The molecule has 1 amide bonds. The van der Waals surface area contributed by atoms with Crippen molar-refractivity contribution in [2.24, 2.45) is 0 Å². The lowest BCUT2D eigenvalue weighted by Gasteiger charge is -2.20. The quantitative estimate of drug-likeness (QED) is 0.936. The van der Waals surface area contributed by atoms with E-state index in [1.54, 1.807) is 31.2 Å². The Balaban J connectivity index is 2.37. The van der Waals surface area contributed by atoms with E-state index in [-0.39, 0.29) is 0 Å². The van der Waals surface area contributed by atoms with Gasteiger partial charge >= 0.3 is 5.97 Å². The van der Waals surface area contributed by atoms with Crippen molar-refractivity contribution < 1.29 is 14.7 Å². The highest BCUT2D eigenvalue weighted by atomic mass is 35.5. The molecule has 0 fully saturated rings. The first-order chi connectivity index (χ1) is 9.49. The Bertz CT molecular complexity index is 642. The highest BCUT2D eigenvalue weighted by Crippen LogP contribution is 2.22. The molecule has 0 unspecified atom stereocenters. The second-order valence-electron chi connectivity index (χ2n) is 3.95. The molecule has 1 N–H and O–H groups in total. The molecule has 2 aromatic rings.